The molecule has 0 spiro atoms. The first-order chi connectivity index (χ1) is 7.95. The maximum absolute atomic E-state index is 11.7. The van der Waals surface area contributed by atoms with Crippen LogP contribution < -0.4 is 10.6 Å². The van der Waals surface area contributed by atoms with Crippen LogP contribution in [0.2, 0.25) is 0 Å². The van der Waals surface area contributed by atoms with Gasteiger partial charge < -0.3 is 15.7 Å². The zero-order valence-corrected chi connectivity index (χ0v) is 10.0. The number of carbonyl (C=O) groups excluding carboxylic acids is 2. The van der Waals surface area contributed by atoms with Gasteiger partial charge in [0.25, 0.3) is 0 Å². The summed E-state index contributed by atoms with van der Waals surface area (Å²) in [6.07, 6.45) is 1.41. The average Bonchev–Trinajstić information content (AvgIpc) is 2.71. The van der Waals surface area contributed by atoms with Crippen molar-refractivity contribution in [3.05, 3.63) is 0 Å². The topological polar surface area (TPSA) is 95.5 Å². The zero-order chi connectivity index (χ0) is 13.0. The van der Waals surface area contributed by atoms with Crippen molar-refractivity contribution in [1.82, 2.24) is 10.6 Å². The molecule has 6 nitrogen and oxygen atoms in total. The highest BCUT2D eigenvalue weighted by molar-refractivity contribution is 5.92. The van der Waals surface area contributed by atoms with Crippen LogP contribution in [0.5, 0.6) is 0 Å². The largest absolute Gasteiger partial charge is 0.480 e. The van der Waals surface area contributed by atoms with Gasteiger partial charge in [0.2, 0.25) is 11.8 Å². The highest BCUT2D eigenvalue weighted by Gasteiger charge is 2.32. The Morgan fingerprint density at radius 3 is 2.65 bits per heavy atom. The van der Waals surface area contributed by atoms with Crippen molar-refractivity contribution in [3.8, 4) is 0 Å². The molecule has 1 fully saturated rings. The van der Waals surface area contributed by atoms with Crippen LogP contribution in [0.1, 0.15) is 33.1 Å². The Bertz CT molecular complexity index is 329. The summed E-state index contributed by atoms with van der Waals surface area (Å²) in [5.41, 5.74) is 0. The summed E-state index contributed by atoms with van der Waals surface area (Å²) in [5, 5.41) is 14.0. The van der Waals surface area contributed by atoms with E-state index in [1.165, 1.54) is 0 Å². The number of aliphatic carboxylic acids is 1. The lowest BCUT2D eigenvalue weighted by atomic mass is 9.99. The second-order valence-corrected chi connectivity index (χ2v) is 4.37. The summed E-state index contributed by atoms with van der Waals surface area (Å²) < 4.78 is 0. The molecule has 0 radical (unpaired) electrons. The third-order valence-electron chi connectivity index (χ3n) is 3.09. The van der Waals surface area contributed by atoms with Crippen LogP contribution >= 0.6 is 0 Å². The molecule has 0 bridgehead atoms. The van der Waals surface area contributed by atoms with Crippen molar-refractivity contribution >= 4 is 17.8 Å². The predicted molar refractivity (Wildman–Crippen MR) is 60.2 cm³/mol. The molecule has 0 saturated carbocycles. The monoisotopic (exact) mass is 242 g/mol. The van der Waals surface area contributed by atoms with E-state index in [0.717, 1.165) is 0 Å². The van der Waals surface area contributed by atoms with Crippen LogP contribution in [-0.4, -0.2) is 35.0 Å². The van der Waals surface area contributed by atoms with Gasteiger partial charge in [-0.05, 0) is 12.3 Å². The van der Waals surface area contributed by atoms with Crippen molar-refractivity contribution < 1.29 is 19.5 Å². The van der Waals surface area contributed by atoms with E-state index in [-0.39, 0.29) is 11.8 Å². The molecule has 1 saturated heterocycles. The molecule has 96 valence electrons. The van der Waals surface area contributed by atoms with Gasteiger partial charge in [0.1, 0.15) is 12.1 Å². The Balaban J connectivity index is 2.58. The molecule has 1 aliphatic heterocycles. The molecule has 1 heterocycles. The lowest BCUT2D eigenvalue weighted by molar-refractivity contribution is -0.143. The van der Waals surface area contributed by atoms with Crippen molar-refractivity contribution in [2.45, 2.75) is 45.2 Å². The van der Waals surface area contributed by atoms with Crippen molar-refractivity contribution in [2.24, 2.45) is 5.92 Å². The van der Waals surface area contributed by atoms with E-state index < -0.39 is 24.0 Å². The minimum absolute atomic E-state index is 0.145. The van der Waals surface area contributed by atoms with Gasteiger partial charge in [0.15, 0.2) is 0 Å². The maximum Gasteiger partial charge on any atom is 0.326 e. The number of hydrogen-bond acceptors (Lipinski definition) is 3. The molecule has 0 unspecified atom stereocenters. The standard InChI is InChI=1S/C11H18N2O4/c1-3-6(2)9(11(16)17)13-10(15)7-4-5-8(14)12-7/h6-7,9H,3-5H2,1-2H3,(H,12,14)(H,13,15)(H,16,17)/t6-,7-,9-/m0/s1. The first-order valence-electron chi connectivity index (χ1n) is 5.78. The van der Waals surface area contributed by atoms with Gasteiger partial charge >= 0.3 is 5.97 Å². The number of carbonyl (C=O) groups is 3. The summed E-state index contributed by atoms with van der Waals surface area (Å²) in [7, 11) is 0. The molecule has 17 heavy (non-hydrogen) atoms. The number of nitrogens with one attached hydrogen (secondary N) is 2. The summed E-state index contributed by atoms with van der Waals surface area (Å²) in [6, 6.07) is -1.49. The maximum atomic E-state index is 11.7. The Morgan fingerprint density at radius 1 is 1.59 bits per heavy atom. The van der Waals surface area contributed by atoms with Gasteiger partial charge in [-0.3, -0.25) is 9.59 Å². The van der Waals surface area contributed by atoms with Crippen LogP contribution in [0, 0.1) is 5.92 Å². The number of rotatable bonds is 5. The SMILES string of the molecule is CC[C@H](C)[C@H](NC(=O)[C@@H]1CCC(=O)N1)C(=O)O. The minimum Gasteiger partial charge on any atom is -0.480 e. The van der Waals surface area contributed by atoms with Crippen LogP contribution in [-0.2, 0) is 14.4 Å². The number of carboxylic acid groups (broad SMARTS) is 1. The van der Waals surface area contributed by atoms with Crippen LogP contribution in [0.3, 0.4) is 0 Å². The molecular formula is C11H18N2O4. The Labute approximate surface area is 99.8 Å². The Morgan fingerprint density at radius 2 is 2.24 bits per heavy atom. The lowest BCUT2D eigenvalue weighted by Crippen LogP contribution is -2.51. The molecule has 1 rings (SSSR count). The van der Waals surface area contributed by atoms with Gasteiger partial charge in [-0.15, -0.1) is 0 Å². The van der Waals surface area contributed by atoms with E-state index in [1.807, 2.05) is 6.92 Å². The van der Waals surface area contributed by atoms with E-state index in [4.69, 9.17) is 5.11 Å². The van der Waals surface area contributed by atoms with Crippen molar-refractivity contribution in [1.29, 1.82) is 0 Å². The molecule has 3 N–H and O–H groups in total. The van der Waals surface area contributed by atoms with Crippen molar-refractivity contribution in [2.75, 3.05) is 0 Å². The molecule has 0 aromatic carbocycles. The fraction of sp³-hybridized carbons (Fsp3) is 0.727. The second-order valence-electron chi connectivity index (χ2n) is 4.37. The summed E-state index contributed by atoms with van der Waals surface area (Å²) >= 11 is 0. The van der Waals surface area contributed by atoms with Gasteiger partial charge in [-0.25, -0.2) is 4.79 Å². The van der Waals surface area contributed by atoms with Gasteiger partial charge in [0, 0.05) is 6.42 Å². The minimum atomic E-state index is -1.04. The Hall–Kier alpha value is -1.59. The smallest absolute Gasteiger partial charge is 0.326 e. The summed E-state index contributed by atoms with van der Waals surface area (Å²) in [4.78, 5) is 33.7. The second kappa shape index (κ2) is 5.65. The molecule has 6 heteroatoms. The normalized spacial score (nSPS) is 22.7. The first kappa shape index (κ1) is 13.5. The zero-order valence-electron chi connectivity index (χ0n) is 10.0. The predicted octanol–water partition coefficient (Wildman–Crippen LogP) is -0.119. The van der Waals surface area contributed by atoms with Gasteiger partial charge in [0.05, 0.1) is 0 Å². The molecule has 3 atom stereocenters. The van der Waals surface area contributed by atoms with E-state index in [0.29, 0.717) is 19.3 Å². The van der Waals surface area contributed by atoms with Crippen LogP contribution in [0.25, 0.3) is 0 Å². The van der Waals surface area contributed by atoms with Crippen LogP contribution in [0.4, 0.5) is 0 Å². The molecule has 0 aromatic rings. The first-order valence-corrected chi connectivity index (χ1v) is 5.78. The van der Waals surface area contributed by atoms with E-state index in [9.17, 15) is 14.4 Å². The third-order valence-corrected chi connectivity index (χ3v) is 3.09. The quantitative estimate of drug-likeness (QED) is 0.626. The molecule has 0 aromatic heterocycles. The third kappa shape index (κ3) is 3.44. The average molecular weight is 242 g/mol. The van der Waals surface area contributed by atoms with E-state index in [2.05, 4.69) is 10.6 Å². The van der Waals surface area contributed by atoms with Gasteiger partial charge in [-0.2, -0.15) is 0 Å². The van der Waals surface area contributed by atoms with Crippen LogP contribution in [0.15, 0.2) is 0 Å². The fourth-order valence-corrected chi connectivity index (χ4v) is 1.75. The van der Waals surface area contributed by atoms with Crippen molar-refractivity contribution in [3.63, 3.8) is 0 Å². The molecule has 0 aliphatic carbocycles. The Kier molecular flexibility index (Phi) is 4.48. The highest BCUT2D eigenvalue weighted by atomic mass is 16.4. The fourth-order valence-electron chi connectivity index (χ4n) is 1.75. The molecule has 2 amide bonds. The van der Waals surface area contributed by atoms with E-state index in [1.54, 1.807) is 6.92 Å². The van der Waals surface area contributed by atoms with E-state index >= 15 is 0 Å². The highest BCUT2D eigenvalue weighted by Crippen LogP contribution is 2.11. The number of carboxylic acids is 1. The molecule has 1 aliphatic rings. The van der Waals surface area contributed by atoms with Gasteiger partial charge in [-0.1, -0.05) is 20.3 Å². The summed E-state index contributed by atoms with van der Waals surface area (Å²) in [5.74, 6) is -1.77. The number of hydrogen-bond donors (Lipinski definition) is 3. The number of amides is 2. The molecular weight excluding hydrogens is 224 g/mol. The summed E-state index contributed by atoms with van der Waals surface area (Å²) in [6.45, 7) is 3.64. The lowest BCUT2D eigenvalue weighted by Gasteiger charge is -2.21.